The molecule has 0 saturated heterocycles. The number of hydrogen-bond donors (Lipinski definition) is 0. The minimum atomic E-state index is -1.70. The van der Waals surface area contributed by atoms with Crippen LogP contribution in [0.3, 0.4) is 0 Å². The zero-order chi connectivity index (χ0) is 27.4. The number of ketones is 1. The van der Waals surface area contributed by atoms with E-state index < -0.39 is 51.4 Å². The molecule has 0 radical (unpaired) electrons. The van der Waals surface area contributed by atoms with E-state index in [0.717, 1.165) is 0 Å². The normalized spacial score (nSPS) is 19.8. The molecule has 1 aromatic carbocycles. The first-order valence-electron chi connectivity index (χ1n) is 11.8. The summed E-state index contributed by atoms with van der Waals surface area (Å²) in [5.74, 6) is -4.11. The number of carbonyl (C=O) groups is 3. The van der Waals surface area contributed by atoms with E-state index in [-0.39, 0.29) is 36.5 Å². The monoisotopic (exact) mass is 555 g/mol. The summed E-state index contributed by atoms with van der Waals surface area (Å²) in [4.78, 5) is 43.0. The van der Waals surface area contributed by atoms with Gasteiger partial charge in [-0.05, 0) is 43.0 Å². The van der Waals surface area contributed by atoms with Crippen LogP contribution in [-0.4, -0.2) is 46.6 Å². The Labute approximate surface area is 223 Å². The summed E-state index contributed by atoms with van der Waals surface area (Å²) in [6.45, 7) is 3.71. The number of rotatable bonds is 13. The second kappa shape index (κ2) is 15.4. The average molecular weight is 556 g/mol. The van der Waals surface area contributed by atoms with Gasteiger partial charge >= 0.3 is 11.9 Å². The van der Waals surface area contributed by atoms with Crippen molar-refractivity contribution in [1.82, 2.24) is 0 Å². The molecule has 4 atom stereocenters. The SMILES string of the molecule is CCC/C(CC(=O)OC1=C[C@H](C(=O)OC)[C@@H](CC(C)S(=O)c2ccccc2F)CC1=O)=N\OC/C=C/Cl. The lowest BCUT2D eigenvalue weighted by Gasteiger charge is -2.29. The third-order valence-electron chi connectivity index (χ3n) is 5.65. The number of benzene rings is 1. The predicted octanol–water partition coefficient (Wildman–Crippen LogP) is 4.83. The van der Waals surface area contributed by atoms with Crippen molar-refractivity contribution in [2.45, 2.75) is 56.1 Å². The van der Waals surface area contributed by atoms with E-state index in [1.54, 1.807) is 13.0 Å². The molecule has 2 rings (SSSR count). The average Bonchev–Trinajstić information content (AvgIpc) is 2.87. The summed E-state index contributed by atoms with van der Waals surface area (Å²) in [6.07, 6.45) is 3.87. The molecule has 0 aliphatic heterocycles. The molecule has 8 nitrogen and oxygen atoms in total. The number of Topliss-reactive ketones (excluding diaryl/α,β-unsaturated/α-hetero) is 1. The lowest BCUT2D eigenvalue weighted by atomic mass is 9.79. The quantitative estimate of drug-likeness (QED) is 0.148. The molecule has 0 saturated carbocycles. The maximum absolute atomic E-state index is 14.1. The van der Waals surface area contributed by atoms with E-state index in [0.29, 0.717) is 18.6 Å². The van der Waals surface area contributed by atoms with Gasteiger partial charge in [0.05, 0.1) is 40.9 Å². The molecule has 0 spiro atoms. The van der Waals surface area contributed by atoms with Gasteiger partial charge < -0.3 is 14.3 Å². The predicted molar refractivity (Wildman–Crippen MR) is 138 cm³/mol. The van der Waals surface area contributed by atoms with Crippen LogP contribution in [0.1, 0.15) is 46.0 Å². The fourth-order valence-corrected chi connectivity index (χ4v) is 5.30. The molecule has 0 amide bonds. The summed E-state index contributed by atoms with van der Waals surface area (Å²) >= 11 is 5.43. The zero-order valence-electron chi connectivity index (χ0n) is 21.0. The number of esters is 2. The van der Waals surface area contributed by atoms with Gasteiger partial charge in [-0.25, -0.2) is 4.39 Å². The van der Waals surface area contributed by atoms with Crippen LogP contribution in [-0.2, 0) is 39.5 Å². The van der Waals surface area contributed by atoms with Crippen LogP contribution < -0.4 is 0 Å². The Hall–Kier alpha value is -2.85. The smallest absolute Gasteiger partial charge is 0.317 e. The number of ether oxygens (including phenoxy) is 2. The first-order chi connectivity index (χ1) is 17.7. The third kappa shape index (κ3) is 9.19. The van der Waals surface area contributed by atoms with E-state index in [9.17, 15) is 23.0 Å². The van der Waals surface area contributed by atoms with Crippen LogP contribution in [0.5, 0.6) is 0 Å². The van der Waals surface area contributed by atoms with Crippen LogP contribution in [0.2, 0.25) is 0 Å². The van der Waals surface area contributed by atoms with Gasteiger partial charge in [0.15, 0.2) is 11.5 Å². The van der Waals surface area contributed by atoms with Gasteiger partial charge in [-0.2, -0.15) is 0 Å². The molecule has 1 aromatic rings. The van der Waals surface area contributed by atoms with Crippen LogP contribution >= 0.6 is 11.6 Å². The second-order valence-corrected chi connectivity index (χ2v) is 10.5. The topological polar surface area (TPSA) is 108 Å². The number of nitrogens with zero attached hydrogens (tertiary/aromatic N) is 1. The highest BCUT2D eigenvalue weighted by atomic mass is 35.5. The van der Waals surface area contributed by atoms with Gasteiger partial charge in [0.2, 0.25) is 0 Å². The van der Waals surface area contributed by atoms with Gasteiger partial charge in [-0.3, -0.25) is 18.6 Å². The molecule has 1 aliphatic rings. The minimum Gasteiger partial charge on any atom is -0.469 e. The Morgan fingerprint density at radius 3 is 2.70 bits per heavy atom. The molecule has 11 heteroatoms. The number of carbonyl (C=O) groups excluding carboxylic acids is 3. The van der Waals surface area contributed by atoms with E-state index in [1.807, 2.05) is 6.92 Å². The van der Waals surface area contributed by atoms with Crippen LogP contribution in [0, 0.1) is 17.7 Å². The Balaban J connectivity index is 2.14. The first kappa shape index (κ1) is 30.4. The van der Waals surface area contributed by atoms with Crippen molar-refractivity contribution in [3.8, 4) is 0 Å². The minimum absolute atomic E-state index is 0.0594. The van der Waals surface area contributed by atoms with E-state index in [1.165, 1.54) is 43.0 Å². The van der Waals surface area contributed by atoms with Gasteiger partial charge in [-0.15, -0.1) is 0 Å². The third-order valence-corrected chi connectivity index (χ3v) is 7.52. The fourth-order valence-electron chi connectivity index (χ4n) is 3.90. The number of hydrogen-bond acceptors (Lipinski definition) is 8. The van der Waals surface area contributed by atoms with Crippen molar-refractivity contribution >= 4 is 45.8 Å². The largest absolute Gasteiger partial charge is 0.469 e. The van der Waals surface area contributed by atoms with Gasteiger partial charge in [0.25, 0.3) is 0 Å². The van der Waals surface area contributed by atoms with Crippen molar-refractivity contribution < 1.29 is 37.3 Å². The molecular weight excluding hydrogens is 525 g/mol. The Morgan fingerprint density at radius 2 is 2.05 bits per heavy atom. The summed E-state index contributed by atoms with van der Waals surface area (Å²) in [5.41, 5.74) is 1.72. The number of halogens is 2. The number of methoxy groups -OCH3 is 1. The highest BCUT2D eigenvalue weighted by Gasteiger charge is 2.38. The Morgan fingerprint density at radius 1 is 1.32 bits per heavy atom. The second-order valence-electron chi connectivity index (χ2n) is 8.46. The van der Waals surface area contributed by atoms with Crippen molar-refractivity contribution in [2.75, 3.05) is 13.7 Å². The van der Waals surface area contributed by atoms with E-state index in [4.69, 9.17) is 25.9 Å². The van der Waals surface area contributed by atoms with Crippen molar-refractivity contribution in [3.63, 3.8) is 0 Å². The van der Waals surface area contributed by atoms with Crippen molar-refractivity contribution in [3.05, 3.63) is 53.5 Å². The molecule has 0 fully saturated rings. The molecule has 2 unspecified atom stereocenters. The van der Waals surface area contributed by atoms with Crippen molar-refractivity contribution in [2.24, 2.45) is 17.0 Å². The molecule has 0 heterocycles. The Bertz CT molecular complexity index is 1090. The summed E-state index contributed by atoms with van der Waals surface area (Å²) in [5, 5.41) is 3.37. The summed E-state index contributed by atoms with van der Waals surface area (Å²) < 4.78 is 37.2. The van der Waals surface area contributed by atoms with E-state index in [2.05, 4.69) is 5.16 Å². The Kier molecular flexibility index (Phi) is 12.7. The van der Waals surface area contributed by atoms with Crippen LogP contribution in [0.15, 0.2) is 57.8 Å². The maximum atomic E-state index is 14.1. The lowest BCUT2D eigenvalue weighted by Crippen LogP contribution is -2.34. The standard InChI is InChI=1S/C26H31ClFNO7S/c1-4-8-19(29-35-12-7-11-27)15-25(31)36-23-16-20(26(32)34-3)18(14-22(23)30)13-17(2)37(33)24-10-6-5-9-21(24)28/h5-7,9-11,16-18,20H,4,8,12-15H2,1-3H3/b11-7+,29-19+/t17?,18-,20-,37?/m0/s1. The molecule has 0 N–H and O–H groups in total. The van der Waals surface area contributed by atoms with Crippen LogP contribution in [0.25, 0.3) is 0 Å². The van der Waals surface area contributed by atoms with E-state index >= 15 is 0 Å². The summed E-state index contributed by atoms with van der Waals surface area (Å²) in [7, 11) is -0.484. The summed E-state index contributed by atoms with van der Waals surface area (Å²) in [6, 6.07) is 5.77. The number of oxime groups is 1. The van der Waals surface area contributed by atoms with Crippen LogP contribution in [0.4, 0.5) is 4.39 Å². The molecule has 0 bridgehead atoms. The van der Waals surface area contributed by atoms with Gasteiger partial charge in [0.1, 0.15) is 12.4 Å². The fraction of sp³-hybridized carbons (Fsp3) is 0.462. The molecule has 0 aromatic heterocycles. The van der Waals surface area contributed by atoms with Gasteiger partial charge in [0, 0.05) is 17.2 Å². The molecule has 37 heavy (non-hydrogen) atoms. The van der Waals surface area contributed by atoms with Crippen molar-refractivity contribution in [1.29, 1.82) is 0 Å². The first-order valence-corrected chi connectivity index (χ1v) is 13.5. The highest BCUT2D eigenvalue weighted by molar-refractivity contribution is 7.85. The molecular formula is C26H31ClFNO7S. The molecule has 202 valence electrons. The maximum Gasteiger partial charge on any atom is 0.317 e. The van der Waals surface area contributed by atoms with Gasteiger partial charge in [-0.1, -0.05) is 49.2 Å². The lowest BCUT2D eigenvalue weighted by molar-refractivity contribution is -0.148. The highest BCUT2D eigenvalue weighted by Crippen LogP contribution is 2.34. The zero-order valence-corrected chi connectivity index (χ0v) is 22.6. The molecule has 1 aliphatic carbocycles. The number of allylic oxidation sites excluding steroid dienone is 1.